The molecule has 2 rings (SSSR count). The quantitative estimate of drug-likeness (QED) is 0.726. The van der Waals surface area contributed by atoms with E-state index in [0.717, 1.165) is 14.3 Å². The molecule has 0 bridgehead atoms. The molecule has 8 heteroatoms. The van der Waals surface area contributed by atoms with Gasteiger partial charge in [0.15, 0.2) is 0 Å². The molecule has 0 fully saturated rings. The van der Waals surface area contributed by atoms with Crippen LogP contribution in [0.2, 0.25) is 0 Å². The summed E-state index contributed by atoms with van der Waals surface area (Å²) in [6.45, 7) is 1.95. The summed E-state index contributed by atoms with van der Waals surface area (Å²) in [5.41, 5.74) is 1.93. The van der Waals surface area contributed by atoms with Crippen LogP contribution in [-0.2, 0) is 10.0 Å². The molecular weight excluding hydrogens is 460 g/mol. The third kappa shape index (κ3) is 4.05. The second-order valence-electron chi connectivity index (χ2n) is 5.37. The zero-order chi connectivity index (χ0) is 18.1. The number of anilines is 1. The monoisotopic (exact) mass is 474 g/mol. The van der Waals surface area contributed by atoms with Crippen LogP contribution in [0.15, 0.2) is 50.2 Å². The fraction of sp³-hybridized carbons (Fsp3) is 0.188. The Morgan fingerprint density at radius 1 is 1.04 bits per heavy atom. The average Bonchev–Trinajstić information content (AvgIpc) is 2.50. The maximum atomic E-state index is 12.5. The second-order valence-corrected chi connectivity index (χ2v) is 9.20. The Labute approximate surface area is 158 Å². The largest absolute Gasteiger partial charge is 0.321 e. The number of nitrogens with one attached hydrogen (secondary N) is 1. The van der Waals surface area contributed by atoms with Crippen molar-refractivity contribution in [3.05, 3.63) is 56.5 Å². The molecule has 2 aromatic carbocycles. The minimum atomic E-state index is -3.65. The number of hydrogen-bond donors (Lipinski definition) is 1. The maximum Gasteiger partial charge on any atom is 0.255 e. The second kappa shape index (κ2) is 7.35. The van der Waals surface area contributed by atoms with E-state index in [-0.39, 0.29) is 16.4 Å². The first-order valence-corrected chi connectivity index (χ1v) is 9.95. The number of nitrogens with zero attached hydrogens (tertiary/aromatic N) is 1. The van der Waals surface area contributed by atoms with E-state index >= 15 is 0 Å². The van der Waals surface area contributed by atoms with Gasteiger partial charge in [-0.25, -0.2) is 12.7 Å². The van der Waals surface area contributed by atoms with Gasteiger partial charge in [0, 0.05) is 28.6 Å². The lowest BCUT2D eigenvalue weighted by molar-refractivity contribution is 0.102. The Hall–Kier alpha value is -1.22. The van der Waals surface area contributed by atoms with Crippen LogP contribution >= 0.6 is 31.9 Å². The van der Waals surface area contributed by atoms with E-state index in [1.807, 2.05) is 19.1 Å². The van der Waals surface area contributed by atoms with E-state index in [1.54, 1.807) is 18.2 Å². The van der Waals surface area contributed by atoms with Crippen LogP contribution in [0.1, 0.15) is 15.9 Å². The maximum absolute atomic E-state index is 12.5. The van der Waals surface area contributed by atoms with Crippen LogP contribution in [0.5, 0.6) is 0 Å². The van der Waals surface area contributed by atoms with Crippen molar-refractivity contribution in [1.29, 1.82) is 0 Å². The molecule has 5 nitrogen and oxygen atoms in total. The summed E-state index contributed by atoms with van der Waals surface area (Å²) in [6.07, 6.45) is 0. The smallest absolute Gasteiger partial charge is 0.255 e. The van der Waals surface area contributed by atoms with Crippen molar-refractivity contribution in [2.45, 2.75) is 11.8 Å². The molecule has 0 aliphatic rings. The lowest BCUT2D eigenvalue weighted by Gasteiger charge is -2.14. The number of carbonyl (C=O) groups is 1. The number of hydrogen-bond acceptors (Lipinski definition) is 3. The fourth-order valence-electron chi connectivity index (χ4n) is 1.95. The zero-order valence-corrected chi connectivity index (χ0v) is 17.3. The van der Waals surface area contributed by atoms with Crippen molar-refractivity contribution in [3.63, 3.8) is 0 Å². The van der Waals surface area contributed by atoms with Gasteiger partial charge in [0.2, 0.25) is 10.0 Å². The first-order valence-electron chi connectivity index (χ1n) is 6.92. The Bertz CT molecular complexity index is 896. The van der Waals surface area contributed by atoms with Gasteiger partial charge >= 0.3 is 0 Å². The highest BCUT2D eigenvalue weighted by molar-refractivity contribution is 9.10. The molecule has 24 heavy (non-hydrogen) atoms. The Kier molecular flexibility index (Phi) is 5.85. The number of amides is 1. The van der Waals surface area contributed by atoms with E-state index in [2.05, 4.69) is 37.2 Å². The van der Waals surface area contributed by atoms with Crippen LogP contribution in [0, 0.1) is 6.92 Å². The molecule has 0 aliphatic carbocycles. The van der Waals surface area contributed by atoms with Gasteiger partial charge in [-0.2, -0.15) is 0 Å². The standard InChI is InChI=1S/C16H16Br2N2O3S/c1-10-4-7-14(13(18)8-10)19-16(21)11-5-6-12(17)15(9-11)24(22,23)20(2)3/h4-9H,1-3H3,(H,19,21). The minimum Gasteiger partial charge on any atom is -0.321 e. The number of benzene rings is 2. The normalized spacial score (nSPS) is 11.6. The van der Waals surface area contributed by atoms with Crippen molar-refractivity contribution in [2.24, 2.45) is 0 Å². The Morgan fingerprint density at radius 2 is 1.71 bits per heavy atom. The molecule has 0 heterocycles. The summed E-state index contributed by atoms with van der Waals surface area (Å²) in [4.78, 5) is 12.5. The van der Waals surface area contributed by atoms with Gasteiger partial charge in [0.05, 0.1) is 10.6 Å². The predicted molar refractivity (Wildman–Crippen MR) is 102 cm³/mol. The predicted octanol–water partition coefficient (Wildman–Crippen LogP) is 4.02. The molecule has 0 saturated heterocycles. The number of aryl methyl sites for hydroxylation is 1. The Morgan fingerprint density at radius 3 is 2.29 bits per heavy atom. The summed E-state index contributed by atoms with van der Waals surface area (Å²) in [5.74, 6) is -0.387. The number of carbonyl (C=O) groups excluding carboxylic acids is 1. The number of halogens is 2. The molecule has 0 radical (unpaired) electrons. The van der Waals surface area contributed by atoms with Gasteiger partial charge in [0.25, 0.3) is 5.91 Å². The van der Waals surface area contributed by atoms with Crippen LogP contribution in [-0.4, -0.2) is 32.7 Å². The molecule has 0 unspecified atom stereocenters. The highest BCUT2D eigenvalue weighted by Gasteiger charge is 2.22. The molecule has 1 N–H and O–H groups in total. The first kappa shape index (κ1) is 19.1. The highest BCUT2D eigenvalue weighted by Crippen LogP contribution is 2.27. The van der Waals surface area contributed by atoms with Crippen molar-refractivity contribution >= 4 is 53.5 Å². The molecule has 128 valence electrons. The van der Waals surface area contributed by atoms with Crippen molar-refractivity contribution in [3.8, 4) is 0 Å². The van der Waals surface area contributed by atoms with Crippen LogP contribution in [0.3, 0.4) is 0 Å². The lowest BCUT2D eigenvalue weighted by Crippen LogP contribution is -2.23. The molecule has 0 saturated carbocycles. The highest BCUT2D eigenvalue weighted by atomic mass is 79.9. The van der Waals surface area contributed by atoms with Gasteiger partial charge in [-0.15, -0.1) is 0 Å². The van der Waals surface area contributed by atoms with Crippen molar-refractivity contribution < 1.29 is 13.2 Å². The van der Waals surface area contributed by atoms with Gasteiger partial charge in [0.1, 0.15) is 0 Å². The molecule has 1 amide bonds. The molecule has 0 spiro atoms. The lowest BCUT2D eigenvalue weighted by atomic mass is 10.2. The summed E-state index contributed by atoms with van der Waals surface area (Å²) in [5, 5.41) is 2.77. The van der Waals surface area contributed by atoms with Gasteiger partial charge in [-0.05, 0) is 74.7 Å². The van der Waals surface area contributed by atoms with Gasteiger partial charge < -0.3 is 5.32 Å². The van der Waals surface area contributed by atoms with Crippen molar-refractivity contribution in [1.82, 2.24) is 4.31 Å². The summed E-state index contributed by atoms with van der Waals surface area (Å²) in [6, 6.07) is 10.0. The van der Waals surface area contributed by atoms with Crippen LogP contribution in [0.25, 0.3) is 0 Å². The molecule has 2 aromatic rings. The number of sulfonamides is 1. The molecule has 0 aliphatic heterocycles. The third-order valence-corrected chi connectivity index (χ3v) is 6.79. The molecule has 0 atom stereocenters. The van der Waals surface area contributed by atoms with E-state index in [1.165, 1.54) is 20.2 Å². The van der Waals surface area contributed by atoms with Crippen LogP contribution < -0.4 is 5.32 Å². The third-order valence-electron chi connectivity index (χ3n) is 3.32. The van der Waals surface area contributed by atoms with Crippen LogP contribution in [0.4, 0.5) is 5.69 Å². The van der Waals surface area contributed by atoms with Gasteiger partial charge in [-0.1, -0.05) is 6.07 Å². The summed E-state index contributed by atoms with van der Waals surface area (Å²) >= 11 is 6.63. The Balaban J connectivity index is 2.37. The van der Waals surface area contributed by atoms with E-state index < -0.39 is 10.0 Å². The first-order chi connectivity index (χ1) is 11.1. The fourth-order valence-corrected chi connectivity index (χ4v) is 4.39. The van der Waals surface area contributed by atoms with E-state index in [9.17, 15) is 13.2 Å². The number of rotatable bonds is 4. The molecular formula is C16H16Br2N2O3S. The van der Waals surface area contributed by atoms with E-state index in [0.29, 0.717) is 10.2 Å². The van der Waals surface area contributed by atoms with E-state index in [4.69, 9.17) is 0 Å². The van der Waals surface area contributed by atoms with Gasteiger partial charge in [-0.3, -0.25) is 4.79 Å². The minimum absolute atomic E-state index is 0.0446. The SMILES string of the molecule is Cc1ccc(NC(=O)c2ccc(Br)c(S(=O)(=O)N(C)C)c2)c(Br)c1. The topological polar surface area (TPSA) is 66.5 Å². The summed E-state index contributed by atoms with van der Waals surface area (Å²) < 4.78 is 26.9. The molecule has 0 aromatic heterocycles. The summed E-state index contributed by atoms with van der Waals surface area (Å²) in [7, 11) is -0.768. The van der Waals surface area contributed by atoms with Crippen molar-refractivity contribution in [2.75, 3.05) is 19.4 Å². The zero-order valence-electron chi connectivity index (χ0n) is 13.3. The average molecular weight is 476 g/mol.